The summed E-state index contributed by atoms with van der Waals surface area (Å²) in [5.41, 5.74) is 12.3. The lowest BCUT2D eigenvalue weighted by molar-refractivity contribution is 0.661. The largest absolute Gasteiger partial charge is 0.456 e. The fourth-order valence-corrected chi connectivity index (χ4v) is 10.7. The van der Waals surface area contributed by atoms with Gasteiger partial charge in [-0.05, 0) is 119 Å². The van der Waals surface area contributed by atoms with E-state index in [2.05, 4.69) is 172 Å². The van der Waals surface area contributed by atoms with E-state index in [9.17, 15) is 0 Å². The minimum atomic E-state index is -0.121. The van der Waals surface area contributed by atoms with Crippen LogP contribution < -0.4 is 0 Å². The van der Waals surface area contributed by atoms with E-state index in [1.165, 1.54) is 108 Å². The van der Waals surface area contributed by atoms with Gasteiger partial charge in [-0.15, -0.1) is 11.3 Å². The molecule has 0 bridgehead atoms. The average molecular weight is 693 g/mol. The van der Waals surface area contributed by atoms with E-state index in [0.717, 1.165) is 11.2 Å². The molecule has 0 atom stereocenters. The third-order valence-electron chi connectivity index (χ3n) is 12.0. The van der Waals surface area contributed by atoms with Crippen LogP contribution in [-0.2, 0) is 5.41 Å². The Hall–Kier alpha value is -6.22. The molecule has 2 heterocycles. The minimum absolute atomic E-state index is 0.121. The van der Waals surface area contributed by atoms with Crippen LogP contribution in [0.25, 0.3) is 108 Å². The van der Waals surface area contributed by atoms with E-state index in [1.807, 2.05) is 11.3 Å². The predicted octanol–water partition coefficient (Wildman–Crippen LogP) is 15.1. The van der Waals surface area contributed by atoms with Gasteiger partial charge in [0, 0.05) is 36.4 Å². The summed E-state index contributed by atoms with van der Waals surface area (Å²) >= 11 is 1.88. The molecule has 53 heavy (non-hydrogen) atoms. The number of hydrogen-bond donors (Lipinski definition) is 0. The Morgan fingerprint density at radius 1 is 0.415 bits per heavy atom. The molecule has 0 radical (unpaired) electrons. The van der Waals surface area contributed by atoms with Crippen molar-refractivity contribution in [2.24, 2.45) is 0 Å². The summed E-state index contributed by atoms with van der Waals surface area (Å²) in [4.78, 5) is 0. The molecular weight excluding hydrogens is 661 g/mol. The van der Waals surface area contributed by atoms with Crippen molar-refractivity contribution >= 4 is 85.8 Å². The van der Waals surface area contributed by atoms with Crippen LogP contribution in [0.4, 0.5) is 0 Å². The zero-order valence-electron chi connectivity index (χ0n) is 29.3. The molecule has 0 saturated heterocycles. The van der Waals surface area contributed by atoms with Crippen molar-refractivity contribution in [1.82, 2.24) is 0 Å². The van der Waals surface area contributed by atoms with Gasteiger partial charge in [0.25, 0.3) is 0 Å². The van der Waals surface area contributed by atoms with Gasteiger partial charge < -0.3 is 4.42 Å². The molecule has 11 aromatic rings. The fraction of sp³-hybridized carbons (Fsp3) is 0.0588. The highest BCUT2D eigenvalue weighted by molar-refractivity contribution is 7.25. The highest BCUT2D eigenvalue weighted by atomic mass is 32.1. The zero-order valence-corrected chi connectivity index (χ0v) is 30.1. The van der Waals surface area contributed by atoms with Crippen molar-refractivity contribution in [2.75, 3.05) is 0 Å². The van der Waals surface area contributed by atoms with Crippen molar-refractivity contribution in [2.45, 2.75) is 19.3 Å². The van der Waals surface area contributed by atoms with Crippen LogP contribution in [0.15, 0.2) is 162 Å². The summed E-state index contributed by atoms with van der Waals surface area (Å²) in [5, 5.41) is 12.7. The smallest absolute Gasteiger partial charge is 0.136 e. The molecule has 1 aliphatic rings. The van der Waals surface area contributed by atoms with Gasteiger partial charge in [-0.2, -0.15) is 0 Å². The second-order valence-electron chi connectivity index (χ2n) is 15.2. The topological polar surface area (TPSA) is 13.1 Å². The normalized spacial score (nSPS) is 13.6. The van der Waals surface area contributed by atoms with Crippen LogP contribution in [-0.4, -0.2) is 0 Å². The lowest BCUT2D eigenvalue weighted by Gasteiger charge is -2.22. The van der Waals surface area contributed by atoms with Crippen LogP contribution in [0.2, 0.25) is 0 Å². The predicted molar refractivity (Wildman–Crippen MR) is 228 cm³/mol. The summed E-state index contributed by atoms with van der Waals surface area (Å²) < 4.78 is 8.99. The van der Waals surface area contributed by atoms with Crippen molar-refractivity contribution in [3.63, 3.8) is 0 Å². The van der Waals surface area contributed by atoms with Crippen molar-refractivity contribution < 1.29 is 4.42 Å². The molecule has 1 aliphatic carbocycles. The van der Waals surface area contributed by atoms with Crippen molar-refractivity contribution in [1.29, 1.82) is 0 Å². The SMILES string of the molecule is CC1(C)c2ccc(-c3c4ccccc4c(-c4ccc5c(c4)sc4ccccc45)c4ccccc34)cc2-c2cc3c(ccc4oc5ccccc5c43)cc21. The maximum absolute atomic E-state index is 6.33. The molecule has 0 spiro atoms. The van der Waals surface area contributed by atoms with E-state index in [1.54, 1.807) is 0 Å². The quantitative estimate of drug-likeness (QED) is 0.164. The number of fused-ring (bicyclic) bond motifs is 13. The van der Waals surface area contributed by atoms with Gasteiger partial charge in [0.2, 0.25) is 0 Å². The number of thiophene rings is 1. The number of para-hydroxylation sites is 1. The number of furan rings is 1. The first-order valence-corrected chi connectivity index (χ1v) is 19.2. The van der Waals surface area contributed by atoms with E-state index < -0.39 is 0 Å². The summed E-state index contributed by atoms with van der Waals surface area (Å²) in [6.07, 6.45) is 0. The van der Waals surface area contributed by atoms with Gasteiger partial charge in [0.05, 0.1) is 0 Å². The van der Waals surface area contributed by atoms with E-state index in [0.29, 0.717) is 0 Å². The summed E-state index contributed by atoms with van der Waals surface area (Å²) in [6, 6.07) is 58.7. The van der Waals surface area contributed by atoms with Gasteiger partial charge in [-0.3, -0.25) is 0 Å². The molecule has 0 N–H and O–H groups in total. The van der Waals surface area contributed by atoms with E-state index in [4.69, 9.17) is 4.42 Å². The second-order valence-corrected chi connectivity index (χ2v) is 16.3. The molecule has 0 fully saturated rings. The molecule has 248 valence electrons. The Bertz CT molecular complexity index is 3320. The van der Waals surface area contributed by atoms with Crippen LogP contribution in [0.5, 0.6) is 0 Å². The lowest BCUT2D eigenvalue weighted by atomic mass is 9.81. The Morgan fingerprint density at radius 3 is 1.74 bits per heavy atom. The molecule has 2 heteroatoms. The lowest BCUT2D eigenvalue weighted by Crippen LogP contribution is -2.14. The number of benzene rings is 9. The molecule has 9 aromatic carbocycles. The molecule has 1 nitrogen and oxygen atoms in total. The molecular formula is C51H32OS. The van der Waals surface area contributed by atoms with Gasteiger partial charge in [0.15, 0.2) is 0 Å². The van der Waals surface area contributed by atoms with Crippen molar-refractivity contribution in [3.05, 3.63) is 169 Å². The fourth-order valence-electron chi connectivity index (χ4n) is 9.58. The Morgan fingerprint density at radius 2 is 1.00 bits per heavy atom. The third kappa shape index (κ3) is 3.96. The molecule has 2 aromatic heterocycles. The Kier molecular flexibility index (Phi) is 5.78. The van der Waals surface area contributed by atoms with Gasteiger partial charge in [0.1, 0.15) is 11.2 Å². The molecule has 0 unspecified atom stereocenters. The van der Waals surface area contributed by atoms with Crippen molar-refractivity contribution in [3.8, 4) is 33.4 Å². The Balaban J connectivity index is 1.11. The third-order valence-corrected chi connectivity index (χ3v) is 13.2. The van der Waals surface area contributed by atoms with E-state index in [-0.39, 0.29) is 5.41 Å². The molecule has 0 aliphatic heterocycles. The minimum Gasteiger partial charge on any atom is -0.456 e. The summed E-state index contributed by atoms with van der Waals surface area (Å²) in [5.74, 6) is 0. The van der Waals surface area contributed by atoms with Gasteiger partial charge in [-0.25, -0.2) is 0 Å². The second kappa shape index (κ2) is 10.4. The maximum atomic E-state index is 6.33. The zero-order chi connectivity index (χ0) is 35.0. The number of hydrogen-bond acceptors (Lipinski definition) is 2. The highest BCUT2D eigenvalue weighted by Crippen LogP contribution is 2.53. The first-order valence-electron chi connectivity index (χ1n) is 18.4. The standard InChI is InChI=1S/C51H32OS/c1-51(2)42-23-20-30(25-40(42)41-28-39-29(26-43(41)51)21-24-45-50(39)38-16-7-9-17-44(38)52-45)48-34-12-3-5-14-36(34)49(37-15-6-4-13-35(37)48)31-19-22-33-32-11-8-10-18-46(32)53-47(33)27-31/h3-28H,1-2H3. The monoisotopic (exact) mass is 692 g/mol. The van der Waals surface area contributed by atoms with Crippen LogP contribution >= 0.6 is 11.3 Å². The average Bonchev–Trinajstić information content (AvgIpc) is 3.83. The first-order chi connectivity index (χ1) is 26.0. The maximum Gasteiger partial charge on any atom is 0.136 e. The Labute approximate surface area is 310 Å². The molecule has 12 rings (SSSR count). The van der Waals surface area contributed by atoms with Crippen LogP contribution in [0.3, 0.4) is 0 Å². The summed E-state index contributed by atoms with van der Waals surface area (Å²) in [7, 11) is 0. The number of rotatable bonds is 2. The summed E-state index contributed by atoms with van der Waals surface area (Å²) in [6.45, 7) is 4.75. The van der Waals surface area contributed by atoms with E-state index >= 15 is 0 Å². The van der Waals surface area contributed by atoms with Crippen LogP contribution in [0, 0.1) is 0 Å². The van der Waals surface area contributed by atoms with Crippen LogP contribution in [0.1, 0.15) is 25.0 Å². The molecule has 0 saturated carbocycles. The van der Waals surface area contributed by atoms with Gasteiger partial charge >= 0.3 is 0 Å². The first kappa shape index (κ1) is 29.4. The highest BCUT2D eigenvalue weighted by Gasteiger charge is 2.36. The van der Waals surface area contributed by atoms with Gasteiger partial charge in [-0.1, -0.05) is 129 Å². The molecule has 0 amide bonds.